The molecule has 0 saturated carbocycles. The highest BCUT2D eigenvalue weighted by Gasteiger charge is 2.19. The van der Waals surface area contributed by atoms with Crippen LogP contribution in [0.15, 0.2) is 24.3 Å². The maximum Gasteiger partial charge on any atom is 0.387 e. The fourth-order valence-electron chi connectivity index (χ4n) is 1.51. The first kappa shape index (κ1) is 15.9. The molecule has 0 spiro atoms. The minimum absolute atomic E-state index is 0.0140. The largest absolute Gasteiger partial charge is 0.469 e. The third-order valence-corrected chi connectivity index (χ3v) is 2.56. The Morgan fingerprint density at radius 1 is 1.30 bits per heavy atom. The summed E-state index contributed by atoms with van der Waals surface area (Å²) >= 11 is 0. The Labute approximate surface area is 115 Å². The number of hydrogen-bond acceptors (Lipinski definition) is 4. The van der Waals surface area contributed by atoms with Crippen molar-refractivity contribution in [1.82, 2.24) is 4.90 Å². The SMILES string of the molecule is COC(=O)CCN(C)C(=O)c1ccccc1OC(F)F. The van der Waals surface area contributed by atoms with Crippen LogP contribution in [0.1, 0.15) is 16.8 Å². The van der Waals surface area contributed by atoms with Crippen molar-refractivity contribution in [2.45, 2.75) is 13.0 Å². The molecule has 0 unspecified atom stereocenters. The Balaban J connectivity index is 2.78. The first-order valence-corrected chi connectivity index (χ1v) is 5.81. The smallest absolute Gasteiger partial charge is 0.387 e. The summed E-state index contributed by atoms with van der Waals surface area (Å²) in [5, 5.41) is 0. The van der Waals surface area contributed by atoms with Gasteiger partial charge in [0.25, 0.3) is 5.91 Å². The molecular formula is C13H15F2NO4. The normalized spacial score (nSPS) is 10.2. The molecule has 1 aromatic carbocycles. The average Bonchev–Trinajstić information content (AvgIpc) is 2.43. The van der Waals surface area contributed by atoms with E-state index in [0.717, 1.165) is 0 Å². The molecule has 0 aromatic heterocycles. The van der Waals surface area contributed by atoms with Gasteiger partial charge in [0.2, 0.25) is 0 Å². The topological polar surface area (TPSA) is 55.8 Å². The number of alkyl halides is 2. The lowest BCUT2D eigenvalue weighted by molar-refractivity contribution is -0.140. The Morgan fingerprint density at radius 2 is 1.95 bits per heavy atom. The van der Waals surface area contributed by atoms with Crippen molar-refractivity contribution < 1.29 is 27.8 Å². The highest BCUT2D eigenvalue weighted by Crippen LogP contribution is 2.21. The number of para-hydroxylation sites is 1. The predicted molar refractivity (Wildman–Crippen MR) is 66.7 cm³/mol. The number of carbonyl (C=O) groups excluding carboxylic acids is 2. The zero-order valence-corrected chi connectivity index (χ0v) is 11.1. The van der Waals surface area contributed by atoms with Crippen LogP contribution in [0.4, 0.5) is 8.78 Å². The zero-order valence-electron chi connectivity index (χ0n) is 11.1. The second-order valence-electron chi connectivity index (χ2n) is 3.93. The molecule has 5 nitrogen and oxygen atoms in total. The summed E-state index contributed by atoms with van der Waals surface area (Å²) in [7, 11) is 2.71. The number of esters is 1. The van der Waals surface area contributed by atoms with Crippen LogP contribution in [-0.2, 0) is 9.53 Å². The molecule has 1 rings (SSSR count). The third-order valence-electron chi connectivity index (χ3n) is 2.56. The van der Waals surface area contributed by atoms with E-state index in [1.54, 1.807) is 6.07 Å². The van der Waals surface area contributed by atoms with E-state index in [4.69, 9.17) is 0 Å². The third kappa shape index (κ3) is 4.49. The van der Waals surface area contributed by atoms with Gasteiger partial charge < -0.3 is 14.4 Å². The van der Waals surface area contributed by atoms with Gasteiger partial charge in [-0.05, 0) is 12.1 Å². The summed E-state index contributed by atoms with van der Waals surface area (Å²) in [4.78, 5) is 24.3. The highest BCUT2D eigenvalue weighted by atomic mass is 19.3. The number of ether oxygens (including phenoxy) is 2. The van der Waals surface area contributed by atoms with E-state index in [1.807, 2.05) is 0 Å². The second-order valence-corrected chi connectivity index (χ2v) is 3.93. The van der Waals surface area contributed by atoms with Gasteiger partial charge in [-0.25, -0.2) is 0 Å². The van der Waals surface area contributed by atoms with E-state index in [-0.39, 0.29) is 24.3 Å². The molecule has 0 bridgehead atoms. The molecule has 0 radical (unpaired) electrons. The molecule has 0 aliphatic rings. The molecule has 0 aliphatic carbocycles. The predicted octanol–water partition coefficient (Wildman–Crippen LogP) is 1.92. The van der Waals surface area contributed by atoms with Crippen LogP contribution < -0.4 is 4.74 Å². The number of carbonyl (C=O) groups is 2. The molecule has 0 aliphatic heterocycles. The minimum Gasteiger partial charge on any atom is -0.469 e. The molecule has 1 amide bonds. The summed E-state index contributed by atoms with van der Waals surface area (Å²) in [6.45, 7) is -2.89. The van der Waals surface area contributed by atoms with Crippen LogP contribution in [0.3, 0.4) is 0 Å². The molecule has 7 heteroatoms. The first-order chi connectivity index (χ1) is 9.45. The minimum atomic E-state index is -3.01. The molecule has 1 aromatic rings. The van der Waals surface area contributed by atoms with Crippen LogP contribution in [0.5, 0.6) is 5.75 Å². The molecule has 0 atom stereocenters. The summed E-state index contributed by atoms with van der Waals surface area (Å²) < 4.78 is 33.3. The van der Waals surface area contributed by atoms with Crippen molar-refractivity contribution >= 4 is 11.9 Å². The summed E-state index contributed by atoms with van der Waals surface area (Å²) in [5.74, 6) is -1.16. The van der Waals surface area contributed by atoms with Crippen LogP contribution in [0.2, 0.25) is 0 Å². The average molecular weight is 287 g/mol. The van der Waals surface area contributed by atoms with Crippen molar-refractivity contribution in [3.8, 4) is 5.75 Å². The number of nitrogens with zero attached hydrogens (tertiary/aromatic N) is 1. The van der Waals surface area contributed by atoms with Crippen molar-refractivity contribution in [1.29, 1.82) is 0 Å². The monoisotopic (exact) mass is 287 g/mol. The van der Waals surface area contributed by atoms with Gasteiger partial charge in [0.15, 0.2) is 0 Å². The van der Waals surface area contributed by atoms with Gasteiger partial charge in [-0.15, -0.1) is 0 Å². The van der Waals surface area contributed by atoms with Crippen LogP contribution in [-0.4, -0.2) is 44.1 Å². The van der Waals surface area contributed by atoms with Gasteiger partial charge in [0.05, 0.1) is 19.1 Å². The quantitative estimate of drug-likeness (QED) is 0.750. The molecule has 110 valence electrons. The van der Waals surface area contributed by atoms with E-state index in [9.17, 15) is 18.4 Å². The van der Waals surface area contributed by atoms with Crippen LogP contribution in [0.25, 0.3) is 0 Å². The lowest BCUT2D eigenvalue weighted by Gasteiger charge is -2.18. The Morgan fingerprint density at radius 3 is 2.55 bits per heavy atom. The Hall–Kier alpha value is -2.18. The number of benzene rings is 1. The van der Waals surface area contributed by atoms with E-state index >= 15 is 0 Å². The molecule has 0 heterocycles. The van der Waals surface area contributed by atoms with E-state index < -0.39 is 18.5 Å². The number of rotatable bonds is 6. The lowest BCUT2D eigenvalue weighted by Crippen LogP contribution is -2.29. The fourth-order valence-corrected chi connectivity index (χ4v) is 1.51. The van der Waals surface area contributed by atoms with E-state index in [2.05, 4.69) is 9.47 Å². The van der Waals surface area contributed by atoms with Crippen molar-refractivity contribution in [3.63, 3.8) is 0 Å². The first-order valence-electron chi connectivity index (χ1n) is 5.81. The van der Waals surface area contributed by atoms with Gasteiger partial charge >= 0.3 is 12.6 Å². The molecule has 20 heavy (non-hydrogen) atoms. The summed E-state index contributed by atoms with van der Waals surface area (Å²) in [5.41, 5.74) is 0.0140. The van der Waals surface area contributed by atoms with Crippen LogP contribution in [0, 0.1) is 0 Å². The number of halogens is 2. The summed E-state index contributed by atoms with van der Waals surface area (Å²) in [6, 6.07) is 5.70. The number of hydrogen-bond donors (Lipinski definition) is 0. The highest BCUT2D eigenvalue weighted by molar-refractivity contribution is 5.96. The van der Waals surface area contributed by atoms with Gasteiger partial charge in [-0.1, -0.05) is 12.1 Å². The van der Waals surface area contributed by atoms with Gasteiger partial charge in [0.1, 0.15) is 5.75 Å². The van der Waals surface area contributed by atoms with E-state index in [0.29, 0.717) is 0 Å². The maximum atomic E-state index is 12.3. The van der Waals surface area contributed by atoms with Crippen LogP contribution >= 0.6 is 0 Å². The Bertz CT molecular complexity index is 479. The summed E-state index contributed by atoms with van der Waals surface area (Å²) in [6.07, 6.45) is 0.0244. The molecule has 0 N–H and O–H groups in total. The Kier molecular flexibility index (Phi) is 5.89. The second kappa shape index (κ2) is 7.42. The van der Waals surface area contributed by atoms with Crippen molar-refractivity contribution in [3.05, 3.63) is 29.8 Å². The molecule has 0 saturated heterocycles. The molecule has 0 fully saturated rings. The van der Waals surface area contributed by atoms with Crippen molar-refractivity contribution in [2.75, 3.05) is 20.7 Å². The number of methoxy groups -OCH3 is 1. The fraction of sp³-hybridized carbons (Fsp3) is 0.385. The van der Waals surface area contributed by atoms with E-state index in [1.165, 1.54) is 37.3 Å². The van der Waals surface area contributed by atoms with Gasteiger partial charge in [0, 0.05) is 13.6 Å². The molecular weight excluding hydrogens is 272 g/mol. The van der Waals surface area contributed by atoms with Crippen molar-refractivity contribution in [2.24, 2.45) is 0 Å². The van der Waals surface area contributed by atoms with Gasteiger partial charge in [-0.2, -0.15) is 8.78 Å². The maximum absolute atomic E-state index is 12.3. The lowest BCUT2D eigenvalue weighted by atomic mass is 10.1. The number of amides is 1. The zero-order chi connectivity index (χ0) is 15.1. The standard InChI is InChI=1S/C13H15F2NO4/c1-16(8-7-11(17)19-2)12(18)9-5-3-4-6-10(9)20-13(14)15/h3-6,13H,7-8H2,1-2H3. The van der Waals surface area contributed by atoms with Gasteiger partial charge in [-0.3, -0.25) is 9.59 Å².